The smallest absolute Gasteiger partial charge is 0.359 e. The van der Waals surface area contributed by atoms with Crippen LogP contribution in [0.5, 0.6) is 0 Å². The summed E-state index contributed by atoms with van der Waals surface area (Å²) in [5.41, 5.74) is 7.28. The Bertz CT molecular complexity index is 456. The number of anilines is 1. The van der Waals surface area contributed by atoms with Gasteiger partial charge in [-0.1, -0.05) is 22.0 Å². The molecule has 0 amide bonds. The molecule has 0 bridgehead atoms. The molecule has 106 valence electrons. The van der Waals surface area contributed by atoms with Crippen LogP contribution in [0, 0.1) is 0 Å². The highest BCUT2D eigenvalue weighted by Gasteiger charge is 2.38. The maximum absolute atomic E-state index is 12.6. The first-order chi connectivity index (χ1) is 8.78. The van der Waals surface area contributed by atoms with Gasteiger partial charge in [-0.3, -0.25) is 0 Å². The van der Waals surface area contributed by atoms with Crippen molar-refractivity contribution in [3.05, 3.63) is 28.2 Å². The summed E-state index contributed by atoms with van der Waals surface area (Å²) in [4.78, 5) is 1.43. The summed E-state index contributed by atoms with van der Waals surface area (Å²) >= 11 is 3.38. The number of nitrogens with two attached hydrogens (primary N) is 1. The zero-order valence-corrected chi connectivity index (χ0v) is 12.1. The van der Waals surface area contributed by atoms with Crippen LogP contribution in [0.2, 0.25) is 0 Å². The van der Waals surface area contributed by atoms with E-state index in [0.29, 0.717) is 5.69 Å². The second kappa shape index (κ2) is 5.32. The van der Waals surface area contributed by atoms with Crippen LogP contribution < -0.4 is 10.6 Å². The zero-order valence-electron chi connectivity index (χ0n) is 10.5. The topological polar surface area (TPSA) is 29.3 Å². The highest BCUT2D eigenvalue weighted by Crippen LogP contribution is 2.36. The first-order valence-electron chi connectivity index (χ1n) is 6.16. The highest BCUT2D eigenvalue weighted by atomic mass is 79.9. The molecule has 0 spiro atoms. The van der Waals surface area contributed by atoms with E-state index in [1.807, 2.05) is 6.92 Å². The van der Waals surface area contributed by atoms with Crippen molar-refractivity contribution in [1.82, 2.24) is 0 Å². The molecule has 0 unspecified atom stereocenters. The van der Waals surface area contributed by atoms with Gasteiger partial charge in [0.1, 0.15) is 6.54 Å². The fraction of sp³-hybridized carbons (Fsp3) is 0.538. The minimum Gasteiger partial charge on any atom is -0.359 e. The van der Waals surface area contributed by atoms with Crippen molar-refractivity contribution in [2.45, 2.75) is 38.0 Å². The van der Waals surface area contributed by atoms with Crippen LogP contribution in [0.25, 0.3) is 0 Å². The van der Waals surface area contributed by atoms with Gasteiger partial charge in [0.05, 0.1) is 0 Å². The monoisotopic (exact) mass is 336 g/mol. The van der Waals surface area contributed by atoms with Gasteiger partial charge in [0.15, 0.2) is 0 Å². The van der Waals surface area contributed by atoms with E-state index in [1.54, 1.807) is 18.2 Å². The molecule has 0 saturated heterocycles. The van der Waals surface area contributed by atoms with Crippen molar-refractivity contribution >= 4 is 21.6 Å². The van der Waals surface area contributed by atoms with Crippen LogP contribution in [-0.2, 0) is 0 Å². The maximum atomic E-state index is 12.6. The maximum Gasteiger partial charge on any atom is 0.405 e. The molecule has 0 heterocycles. The Balaban J connectivity index is 2.25. The molecular weight excluding hydrogens is 321 g/mol. The van der Waals surface area contributed by atoms with Crippen molar-refractivity contribution < 1.29 is 13.2 Å². The first-order valence-corrected chi connectivity index (χ1v) is 6.95. The average molecular weight is 337 g/mol. The Morgan fingerprint density at radius 3 is 2.47 bits per heavy atom. The number of hydrogen-bond acceptors (Lipinski definition) is 2. The molecule has 1 aromatic rings. The van der Waals surface area contributed by atoms with Gasteiger partial charge in [0.25, 0.3) is 0 Å². The molecule has 1 aromatic carbocycles. The first kappa shape index (κ1) is 14.7. The van der Waals surface area contributed by atoms with E-state index in [-0.39, 0.29) is 12.1 Å². The lowest BCUT2D eigenvalue weighted by atomic mass is 10.1. The van der Waals surface area contributed by atoms with Gasteiger partial charge in [-0.2, -0.15) is 13.2 Å². The lowest BCUT2D eigenvalue weighted by molar-refractivity contribution is -0.120. The summed E-state index contributed by atoms with van der Waals surface area (Å²) in [6, 6.07) is 5.08. The number of benzene rings is 1. The third kappa shape index (κ3) is 3.86. The molecule has 1 aliphatic carbocycles. The third-order valence-corrected chi connectivity index (χ3v) is 3.83. The molecule has 1 atom stereocenters. The Morgan fingerprint density at radius 2 is 2.05 bits per heavy atom. The molecular formula is C13H16BrF3N2. The number of rotatable bonds is 4. The molecule has 19 heavy (non-hydrogen) atoms. The Hall–Kier alpha value is -0.750. The largest absolute Gasteiger partial charge is 0.405 e. The van der Waals surface area contributed by atoms with Gasteiger partial charge in [0.2, 0.25) is 0 Å². The van der Waals surface area contributed by atoms with Crippen LogP contribution in [0.4, 0.5) is 18.9 Å². The van der Waals surface area contributed by atoms with Gasteiger partial charge in [0, 0.05) is 22.2 Å². The fourth-order valence-corrected chi connectivity index (χ4v) is 2.80. The van der Waals surface area contributed by atoms with Crippen molar-refractivity contribution in [2.75, 3.05) is 11.4 Å². The summed E-state index contributed by atoms with van der Waals surface area (Å²) in [6.45, 7) is 0.940. The van der Waals surface area contributed by atoms with Gasteiger partial charge in [-0.15, -0.1) is 0 Å². The van der Waals surface area contributed by atoms with Crippen LogP contribution in [-0.4, -0.2) is 18.8 Å². The van der Waals surface area contributed by atoms with E-state index >= 15 is 0 Å². The quantitative estimate of drug-likeness (QED) is 0.900. The minimum absolute atomic E-state index is 0.00896. The molecule has 2 rings (SSSR count). The average Bonchev–Trinajstić information content (AvgIpc) is 3.07. The Morgan fingerprint density at radius 1 is 1.42 bits per heavy atom. The lowest BCUT2D eigenvalue weighted by Gasteiger charge is -2.26. The van der Waals surface area contributed by atoms with Crippen LogP contribution in [0.1, 0.15) is 31.4 Å². The molecule has 2 nitrogen and oxygen atoms in total. The number of hydrogen-bond donors (Lipinski definition) is 1. The standard InChI is InChI=1S/C13H16BrF3N2/c1-8(18)11-5-4-10(6-12(11)14)19(9-2-3-9)7-13(15,16)17/h4-6,8-9H,2-3,7,18H2,1H3/t8-/m0/s1. The minimum atomic E-state index is -4.19. The van der Waals surface area contributed by atoms with Crippen LogP contribution in [0.3, 0.4) is 0 Å². The molecule has 1 saturated carbocycles. The highest BCUT2D eigenvalue weighted by molar-refractivity contribution is 9.10. The van der Waals surface area contributed by atoms with E-state index in [0.717, 1.165) is 22.9 Å². The van der Waals surface area contributed by atoms with Gasteiger partial charge >= 0.3 is 6.18 Å². The zero-order chi connectivity index (χ0) is 14.2. The van der Waals surface area contributed by atoms with Crippen molar-refractivity contribution in [3.63, 3.8) is 0 Å². The van der Waals surface area contributed by atoms with Crippen molar-refractivity contribution in [2.24, 2.45) is 5.73 Å². The van der Waals surface area contributed by atoms with E-state index in [9.17, 15) is 13.2 Å². The predicted molar refractivity (Wildman–Crippen MR) is 73.2 cm³/mol. The molecule has 2 N–H and O–H groups in total. The number of nitrogens with zero attached hydrogens (tertiary/aromatic N) is 1. The molecule has 1 aliphatic rings. The Labute approximate surface area is 118 Å². The van der Waals surface area contributed by atoms with E-state index in [4.69, 9.17) is 5.73 Å². The fourth-order valence-electron chi connectivity index (χ4n) is 2.07. The second-order valence-electron chi connectivity index (χ2n) is 4.97. The van der Waals surface area contributed by atoms with Gasteiger partial charge < -0.3 is 10.6 Å². The molecule has 0 aromatic heterocycles. The summed E-state index contributed by atoms with van der Waals surface area (Å²) in [7, 11) is 0. The van der Waals surface area contributed by atoms with E-state index in [2.05, 4.69) is 15.9 Å². The van der Waals surface area contributed by atoms with Crippen LogP contribution >= 0.6 is 15.9 Å². The molecule has 1 fully saturated rings. The lowest BCUT2D eigenvalue weighted by Crippen LogP contribution is -2.36. The summed E-state index contributed by atoms with van der Waals surface area (Å²) in [6.07, 6.45) is -2.54. The third-order valence-electron chi connectivity index (χ3n) is 3.14. The van der Waals surface area contributed by atoms with E-state index in [1.165, 1.54) is 4.90 Å². The Kier molecular flexibility index (Phi) is 4.11. The molecule has 6 heteroatoms. The van der Waals surface area contributed by atoms with Crippen molar-refractivity contribution in [3.8, 4) is 0 Å². The molecule has 0 aliphatic heterocycles. The van der Waals surface area contributed by atoms with Gasteiger partial charge in [-0.05, 0) is 37.5 Å². The predicted octanol–water partition coefficient (Wildman–Crippen LogP) is 4.00. The number of halogens is 4. The summed E-state index contributed by atoms with van der Waals surface area (Å²) in [5.74, 6) is 0. The summed E-state index contributed by atoms with van der Waals surface area (Å²) in [5, 5.41) is 0. The van der Waals surface area contributed by atoms with Crippen molar-refractivity contribution in [1.29, 1.82) is 0 Å². The molecule has 0 radical (unpaired) electrons. The SMILES string of the molecule is C[C@H](N)c1ccc(N(CC(F)(F)F)C2CC2)cc1Br. The normalized spacial score (nSPS) is 17.4. The number of alkyl halides is 3. The summed E-state index contributed by atoms with van der Waals surface area (Å²) < 4.78 is 38.6. The second-order valence-corrected chi connectivity index (χ2v) is 5.82. The van der Waals surface area contributed by atoms with Gasteiger partial charge in [-0.25, -0.2) is 0 Å². The van der Waals surface area contributed by atoms with E-state index < -0.39 is 12.7 Å². The van der Waals surface area contributed by atoms with Crippen LogP contribution in [0.15, 0.2) is 22.7 Å².